The lowest BCUT2D eigenvalue weighted by Crippen LogP contribution is -2.22. The topological polar surface area (TPSA) is 12.0 Å². The number of unbranched alkanes of at least 4 members (excludes halogenated alkanes) is 2. The average molecular weight is 251 g/mol. The summed E-state index contributed by atoms with van der Waals surface area (Å²) in [6, 6.07) is 3.17. The van der Waals surface area contributed by atoms with E-state index in [1.54, 1.807) is 10.4 Å². The van der Waals surface area contributed by atoms with Gasteiger partial charge in [-0.3, -0.25) is 0 Å². The van der Waals surface area contributed by atoms with Crippen LogP contribution in [0.15, 0.2) is 11.4 Å². The Balaban J connectivity index is 1.82. The van der Waals surface area contributed by atoms with Gasteiger partial charge in [0.25, 0.3) is 0 Å². The van der Waals surface area contributed by atoms with Crippen molar-refractivity contribution in [2.45, 2.75) is 64.3 Å². The van der Waals surface area contributed by atoms with Crippen LogP contribution in [0.1, 0.15) is 62.3 Å². The number of hydrogen-bond donors (Lipinski definition) is 1. The van der Waals surface area contributed by atoms with E-state index in [0.29, 0.717) is 5.92 Å². The van der Waals surface area contributed by atoms with Crippen LogP contribution < -0.4 is 5.32 Å². The van der Waals surface area contributed by atoms with Gasteiger partial charge in [0.1, 0.15) is 0 Å². The van der Waals surface area contributed by atoms with Gasteiger partial charge >= 0.3 is 0 Å². The van der Waals surface area contributed by atoms with Crippen LogP contribution in [0.2, 0.25) is 0 Å². The zero-order valence-electron chi connectivity index (χ0n) is 11.2. The molecule has 1 fully saturated rings. The van der Waals surface area contributed by atoms with Crippen molar-refractivity contribution in [3.63, 3.8) is 0 Å². The molecule has 0 radical (unpaired) electrons. The summed E-state index contributed by atoms with van der Waals surface area (Å²) in [4.78, 5) is 1.63. The third-order valence-corrected chi connectivity index (χ3v) is 4.60. The molecule has 1 nitrogen and oxygen atoms in total. The van der Waals surface area contributed by atoms with Gasteiger partial charge in [0.2, 0.25) is 0 Å². The van der Waals surface area contributed by atoms with Crippen molar-refractivity contribution < 1.29 is 0 Å². The molecule has 2 rings (SSSR count). The molecule has 1 saturated carbocycles. The van der Waals surface area contributed by atoms with E-state index in [-0.39, 0.29) is 0 Å². The monoisotopic (exact) mass is 251 g/mol. The fraction of sp³-hybridized carbons (Fsp3) is 0.733. The summed E-state index contributed by atoms with van der Waals surface area (Å²) in [6.45, 7) is 5.79. The van der Waals surface area contributed by atoms with Crippen molar-refractivity contribution in [3.8, 4) is 0 Å². The van der Waals surface area contributed by atoms with E-state index in [0.717, 1.165) is 12.6 Å². The van der Waals surface area contributed by atoms with E-state index >= 15 is 0 Å². The van der Waals surface area contributed by atoms with Crippen LogP contribution in [0.25, 0.3) is 0 Å². The summed E-state index contributed by atoms with van der Waals surface area (Å²) in [7, 11) is 0. The molecule has 0 bridgehead atoms. The second-order valence-electron chi connectivity index (χ2n) is 5.34. The van der Waals surface area contributed by atoms with Crippen LogP contribution in [-0.4, -0.2) is 12.6 Å². The minimum atomic E-state index is 0.679. The highest BCUT2D eigenvalue weighted by molar-refractivity contribution is 7.10. The fourth-order valence-corrected chi connectivity index (χ4v) is 3.32. The molecule has 0 amide bonds. The summed E-state index contributed by atoms with van der Waals surface area (Å²) in [5.41, 5.74) is 1.60. The zero-order valence-corrected chi connectivity index (χ0v) is 12.0. The quantitative estimate of drug-likeness (QED) is 0.678. The highest BCUT2D eigenvalue weighted by atomic mass is 32.1. The SMILES string of the molecule is CCCCCc1sccc1C(C)CNC1CC1. The summed E-state index contributed by atoms with van der Waals surface area (Å²) in [5, 5.41) is 5.91. The number of aryl methyl sites for hydroxylation is 1. The van der Waals surface area contributed by atoms with Crippen LogP contribution in [0, 0.1) is 0 Å². The molecule has 1 N–H and O–H groups in total. The van der Waals surface area contributed by atoms with Gasteiger partial charge in [0, 0.05) is 17.5 Å². The maximum absolute atomic E-state index is 3.64. The molecule has 0 aromatic carbocycles. The molecular weight excluding hydrogens is 226 g/mol. The van der Waals surface area contributed by atoms with Crippen molar-refractivity contribution in [2.75, 3.05) is 6.54 Å². The first-order chi connectivity index (χ1) is 8.31. The van der Waals surface area contributed by atoms with Crippen LogP contribution in [-0.2, 0) is 6.42 Å². The largest absolute Gasteiger partial charge is 0.313 e. The van der Waals surface area contributed by atoms with Crippen molar-refractivity contribution in [1.82, 2.24) is 5.32 Å². The Morgan fingerprint density at radius 3 is 2.94 bits per heavy atom. The fourth-order valence-electron chi connectivity index (χ4n) is 2.27. The first-order valence-electron chi connectivity index (χ1n) is 7.11. The number of nitrogens with one attached hydrogen (secondary N) is 1. The van der Waals surface area contributed by atoms with Gasteiger partial charge in [0.15, 0.2) is 0 Å². The van der Waals surface area contributed by atoms with E-state index in [1.165, 1.54) is 38.5 Å². The summed E-state index contributed by atoms with van der Waals surface area (Å²) >= 11 is 1.95. The van der Waals surface area contributed by atoms with Crippen LogP contribution in [0.3, 0.4) is 0 Å². The van der Waals surface area contributed by atoms with Gasteiger partial charge in [-0.1, -0.05) is 26.7 Å². The molecule has 1 heterocycles. The van der Waals surface area contributed by atoms with Gasteiger partial charge in [-0.15, -0.1) is 11.3 Å². The molecule has 0 spiro atoms. The van der Waals surface area contributed by atoms with E-state index in [4.69, 9.17) is 0 Å². The van der Waals surface area contributed by atoms with Crippen molar-refractivity contribution >= 4 is 11.3 Å². The Morgan fingerprint density at radius 1 is 1.41 bits per heavy atom. The maximum Gasteiger partial charge on any atom is 0.00804 e. The molecule has 1 unspecified atom stereocenters. The lowest BCUT2D eigenvalue weighted by molar-refractivity contribution is 0.608. The molecule has 1 aromatic rings. The van der Waals surface area contributed by atoms with E-state index in [2.05, 4.69) is 30.6 Å². The summed E-state index contributed by atoms with van der Waals surface area (Å²) < 4.78 is 0. The van der Waals surface area contributed by atoms with Gasteiger partial charge < -0.3 is 5.32 Å². The number of thiophene rings is 1. The Labute approximate surface area is 110 Å². The summed E-state index contributed by atoms with van der Waals surface area (Å²) in [6.07, 6.45) is 8.10. The smallest absolute Gasteiger partial charge is 0.00804 e. The Bertz CT molecular complexity index is 327. The molecule has 2 heteroatoms. The van der Waals surface area contributed by atoms with Crippen LogP contribution in [0.4, 0.5) is 0 Å². The minimum Gasteiger partial charge on any atom is -0.313 e. The average Bonchev–Trinajstić information content (AvgIpc) is 3.04. The predicted molar refractivity (Wildman–Crippen MR) is 77.0 cm³/mol. The van der Waals surface area contributed by atoms with Crippen LogP contribution in [0.5, 0.6) is 0 Å². The third kappa shape index (κ3) is 4.11. The third-order valence-electron chi connectivity index (χ3n) is 3.61. The zero-order chi connectivity index (χ0) is 12.1. The second-order valence-corrected chi connectivity index (χ2v) is 6.34. The Morgan fingerprint density at radius 2 is 2.24 bits per heavy atom. The molecule has 1 atom stereocenters. The van der Waals surface area contributed by atoms with E-state index in [1.807, 2.05) is 11.3 Å². The van der Waals surface area contributed by atoms with Crippen molar-refractivity contribution in [3.05, 3.63) is 21.9 Å². The minimum absolute atomic E-state index is 0.679. The maximum atomic E-state index is 3.64. The van der Waals surface area contributed by atoms with E-state index < -0.39 is 0 Å². The first-order valence-corrected chi connectivity index (χ1v) is 7.99. The Kier molecular flexibility index (Phi) is 5.05. The summed E-state index contributed by atoms with van der Waals surface area (Å²) in [5.74, 6) is 0.679. The molecule has 0 saturated heterocycles. The normalized spacial score (nSPS) is 17.3. The van der Waals surface area contributed by atoms with Gasteiger partial charge in [0.05, 0.1) is 0 Å². The predicted octanol–water partition coefficient (Wildman–Crippen LogP) is 4.34. The molecule has 0 aliphatic heterocycles. The highest BCUT2D eigenvalue weighted by Gasteiger charge is 2.21. The van der Waals surface area contributed by atoms with Crippen LogP contribution >= 0.6 is 11.3 Å². The molecule has 1 aliphatic carbocycles. The molecule has 96 valence electrons. The molecule has 1 aromatic heterocycles. The first kappa shape index (κ1) is 13.1. The number of hydrogen-bond acceptors (Lipinski definition) is 2. The highest BCUT2D eigenvalue weighted by Crippen LogP contribution is 2.27. The van der Waals surface area contributed by atoms with Gasteiger partial charge in [-0.25, -0.2) is 0 Å². The lowest BCUT2D eigenvalue weighted by Gasteiger charge is -2.13. The Hall–Kier alpha value is -0.340. The van der Waals surface area contributed by atoms with E-state index in [9.17, 15) is 0 Å². The standard InChI is InChI=1S/C15H25NS/c1-3-4-5-6-15-14(9-10-17-15)12(2)11-16-13-7-8-13/h9-10,12-13,16H,3-8,11H2,1-2H3. The lowest BCUT2D eigenvalue weighted by atomic mass is 9.99. The van der Waals surface area contributed by atoms with Crippen molar-refractivity contribution in [1.29, 1.82) is 0 Å². The molecule has 1 aliphatic rings. The van der Waals surface area contributed by atoms with Crippen molar-refractivity contribution in [2.24, 2.45) is 0 Å². The molecular formula is C15H25NS. The second kappa shape index (κ2) is 6.55. The number of rotatable bonds is 8. The van der Waals surface area contributed by atoms with Gasteiger partial charge in [-0.05, 0) is 48.6 Å². The van der Waals surface area contributed by atoms with Gasteiger partial charge in [-0.2, -0.15) is 0 Å². The molecule has 17 heavy (non-hydrogen) atoms.